The summed E-state index contributed by atoms with van der Waals surface area (Å²) in [5, 5.41) is 1.14. The first-order valence-corrected chi connectivity index (χ1v) is 8.50. The normalized spacial score (nSPS) is 23.7. The summed E-state index contributed by atoms with van der Waals surface area (Å²) in [4.78, 5) is 4.50. The molecule has 0 radical (unpaired) electrons. The lowest BCUT2D eigenvalue weighted by atomic mass is 9.48. The monoisotopic (exact) mass is 307 g/mol. The summed E-state index contributed by atoms with van der Waals surface area (Å²) in [7, 11) is 1.78. The third-order valence-corrected chi connectivity index (χ3v) is 5.04. The van der Waals surface area contributed by atoms with E-state index in [0.717, 1.165) is 48.2 Å². The first kappa shape index (κ1) is 14.8. The van der Waals surface area contributed by atoms with Crippen LogP contribution in [0.15, 0.2) is 48.2 Å². The van der Waals surface area contributed by atoms with Crippen LogP contribution in [-0.4, -0.2) is 25.6 Å². The summed E-state index contributed by atoms with van der Waals surface area (Å²) >= 11 is 0. The molecule has 118 valence electrons. The largest absolute Gasteiger partial charge is 0.559 e. The zero-order valence-electron chi connectivity index (χ0n) is 13.6. The molecule has 2 atom stereocenters. The minimum atomic E-state index is 0.298. The molecular formula is C19H22BNO2. The van der Waals surface area contributed by atoms with Gasteiger partial charge in [-0.2, -0.15) is 0 Å². The lowest BCUT2D eigenvalue weighted by Gasteiger charge is -2.36. The van der Waals surface area contributed by atoms with Gasteiger partial charge in [0.25, 0.3) is 0 Å². The van der Waals surface area contributed by atoms with E-state index in [4.69, 9.17) is 9.39 Å². The van der Waals surface area contributed by atoms with Gasteiger partial charge >= 0.3 is 6.92 Å². The SMILES string of the molecule is COCC1=CC2CB(Oc3cccc4cccnc34)CC(C1)C2. The molecule has 2 aromatic rings. The fourth-order valence-corrected chi connectivity index (χ4v) is 4.24. The Morgan fingerprint density at radius 3 is 3.00 bits per heavy atom. The van der Waals surface area contributed by atoms with E-state index >= 15 is 0 Å². The summed E-state index contributed by atoms with van der Waals surface area (Å²) in [5.41, 5.74) is 2.44. The Bertz CT molecular complexity index is 725. The van der Waals surface area contributed by atoms with Gasteiger partial charge in [-0.05, 0) is 55.0 Å². The zero-order valence-corrected chi connectivity index (χ0v) is 13.6. The predicted molar refractivity (Wildman–Crippen MR) is 93.9 cm³/mol. The molecule has 0 saturated carbocycles. The molecule has 1 aromatic carbocycles. The Hall–Kier alpha value is -1.81. The number of rotatable bonds is 4. The number of allylic oxidation sites excluding steroid dienone is 1. The van der Waals surface area contributed by atoms with Gasteiger partial charge in [0.05, 0.1) is 6.61 Å². The van der Waals surface area contributed by atoms with E-state index in [9.17, 15) is 0 Å². The van der Waals surface area contributed by atoms with Crippen LogP contribution in [0, 0.1) is 11.8 Å². The van der Waals surface area contributed by atoms with Gasteiger partial charge in [0.15, 0.2) is 0 Å². The Morgan fingerprint density at radius 2 is 2.13 bits per heavy atom. The molecule has 1 aliphatic heterocycles. The number of ether oxygens (including phenoxy) is 1. The molecule has 0 N–H and O–H groups in total. The molecule has 0 amide bonds. The smallest absolute Gasteiger partial charge is 0.358 e. The van der Waals surface area contributed by atoms with Crippen molar-refractivity contribution in [2.75, 3.05) is 13.7 Å². The highest BCUT2D eigenvalue weighted by molar-refractivity contribution is 6.53. The lowest BCUT2D eigenvalue weighted by Crippen LogP contribution is -2.35. The van der Waals surface area contributed by atoms with Crippen molar-refractivity contribution in [1.82, 2.24) is 4.98 Å². The maximum atomic E-state index is 6.38. The number of pyridine rings is 1. The van der Waals surface area contributed by atoms with Crippen LogP contribution >= 0.6 is 0 Å². The van der Waals surface area contributed by atoms with Crippen LogP contribution in [0.4, 0.5) is 0 Å². The highest BCUT2D eigenvalue weighted by Crippen LogP contribution is 2.40. The second kappa shape index (κ2) is 6.36. The van der Waals surface area contributed by atoms with Gasteiger partial charge in [-0.25, -0.2) is 0 Å². The van der Waals surface area contributed by atoms with Crippen LogP contribution in [-0.2, 0) is 4.74 Å². The maximum absolute atomic E-state index is 6.38. The lowest BCUT2D eigenvalue weighted by molar-refractivity contribution is 0.214. The third kappa shape index (κ3) is 3.13. The van der Waals surface area contributed by atoms with E-state index in [2.05, 4.69) is 29.3 Å². The Labute approximate surface area is 137 Å². The molecule has 4 rings (SSSR count). The molecule has 2 bridgehead atoms. The van der Waals surface area contributed by atoms with E-state index in [0.29, 0.717) is 12.8 Å². The summed E-state index contributed by atoms with van der Waals surface area (Å²) < 4.78 is 11.7. The van der Waals surface area contributed by atoms with Crippen LogP contribution in [0.25, 0.3) is 10.9 Å². The van der Waals surface area contributed by atoms with Gasteiger partial charge in [-0.15, -0.1) is 0 Å². The van der Waals surface area contributed by atoms with E-state index in [1.165, 1.54) is 12.0 Å². The second-order valence-electron chi connectivity index (χ2n) is 6.87. The summed E-state index contributed by atoms with van der Waals surface area (Å²) in [6.45, 7) is 1.08. The van der Waals surface area contributed by atoms with Crippen molar-refractivity contribution < 1.29 is 9.39 Å². The molecule has 23 heavy (non-hydrogen) atoms. The predicted octanol–water partition coefficient (Wildman–Crippen LogP) is 4.22. The second-order valence-corrected chi connectivity index (χ2v) is 6.87. The number of fused-ring (bicyclic) bond motifs is 3. The van der Waals surface area contributed by atoms with Gasteiger partial charge in [-0.1, -0.05) is 24.3 Å². The molecule has 4 heteroatoms. The van der Waals surface area contributed by atoms with Crippen molar-refractivity contribution >= 4 is 17.8 Å². The number of hydrogen-bond donors (Lipinski definition) is 0. The van der Waals surface area contributed by atoms with E-state index < -0.39 is 0 Å². The fourth-order valence-electron chi connectivity index (χ4n) is 4.24. The Morgan fingerprint density at radius 1 is 1.22 bits per heavy atom. The highest BCUT2D eigenvalue weighted by atomic mass is 16.5. The topological polar surface area (TPSA) is 31.4 Å². The first-order valence-electron chi connectivity index (χ1n) is 8.50. The van der Waals surface area contributed by atoms with Gasteiger partial charge in [0.1, 0.15) is 11.3 Å². The van der Waals surface area contributed by atoms with Crippen molar-refractivity contribution in [2.45, 2.75) is 25.5 Å². The third-order valence-electron chi connectivity index (χ3n) is 5.04. The van der Waals surface area contributed by atoms with Gasteiger partial charge in [0.2, 0.25) is 0 Å². The average molecular weight is 307 g/mol. The van der Waals surface area contributed by atoms with Gasteiger partial charge in [0, 0.05) is 18.7 Å². The number of methoxy groups -OCH3 is 1. The average Bonchev–Trinajstić information content (AvgIpc) is 2.55. The van der Waals surface area contributed by atoms with Crippen molar-refractivity contribution in [1.29, 1.82) is 0 Å². The Balaban J connectivity index is 1.52. The van der Waals surface area contributed by atoms with Crippen molar-refractivity contribution in [3.8, 4) is 5.75 Å². The van der Waals surface area contributed by atoms with Crippen molar-refractivity contribution in [3.63, 3.8) is 0 Å². The standard InChI is InChI=1S/C19H22BNO2/c1-22-13-16-9-14-8-15(10-16)12-20(11-14)23-18-6-2-4-17-5-3-7-21-19(17)18/h2-7,9,14-15H,8,10-13H2,1H3. The van der Waals surface area contributed by atoms with Crippen LogP contribution in [0.3, 0.4) is 0 Å². The van der Waals surface area contributed by atoms with E-state index in [1.807, 2.05) is 18.3 Å². The zero-order chi connectivity index (χ0) is 15.6. The summed E-state index contributed by atoms with van der Waals surface area (Å²) in [6, 6.07) is 10.2. The minimum absolute atomic E-state index is 0.298. The van der Waals surface area contributed by atoms with Crippen LogP contribution in [0.1, 0.15) is 12.8 Å². The molecule has 0 spiro atoms. The molecule has 2 aliphatic rings. The Kier molecular flexibility index (Phi) is 4.09. The molecule has 1 aliphatic carbocycles. The summed E-state index contributed by atoms with van der Waals surface area (Å²) in [6.07, 6.45) is 8.98. The molecular weight excluding hydrogens is 285 g/mol. The fraction of sp³-hybridized carbons (Fsp3) is 0.421. The molecule has 1 aromatic heterocycles. The number of para-hydroxylation sites is 1. The maximum Gasteiger partial charge on any atom is 0.358 e. The molecule has 1 fully saturated rings. The van der Waals surface area contributed by atoms with Crippen molar-refractivity contribution in [3.05, 3.63) is 48.2 Å². The molecule has 2 unspecified atom stereocenters. The van der Waals surface area contributed by atoms with Gasteiger partial charge < -0.3 is 9.39 Å². The number of nitrogens with zero attached hydrogens (tertiary/aromatic N) is 1. The van der Waals surface area contributed by atoms with Crippen LogP contribution < -0.4 is 4.65 Å². The highest BCUT2D eigenvalue weighted by Gasteiger charge is 2.36. The number of hydrogen-bond acceptors (Lipinski definition) is 3. The minimum Gasteiger partial charge on any atom is -0.559 e. The van der Waals surface area contributed by atoms with Crippen LogP contribution in [0.2, 0.25) is 12.6 Å². The quantitative estimate of drug-likeness (QED) is 0.626. The van der Waals surface area contributed by atoms with E-state index in [-0.39, 0.29) is 0 Å². The van der Waals surface area contributed by atoms with Gasteiger partial charge in [-0.3, -0.25) is 4.98 Å². The summed E-state index contributed by atoms with van der Waals surface area (Å²) in [5.74, 6) is 2.30. The number of aromatic nitrogens is 1. The molecule has 1 saturated heterocycles. The first-order chi connectivity index (χ1) is 11.3. The van der Waals surface area contributed by atoms with E-state index in [1.54, 1.807) is 7.11 Å². The molecule has 2 heterocycles. The van der Waals surface area contributed by atoms with Crippen molar-refractivity contribution in [2.24, 2.45) is 11.8 Å². The van der Waals surface area contributed by atoms with Crippen LogP contribution in [0.5, 0.6) is 5.75 Å². The number of benzene rings is 1. The molecule has 3 nitrogen and oxygen atoms in total.